The van der Waals surface area contributed by atoms with Crippen LogP contribution in [0, 0.1) is 0 Å². The normalized spacial score (nSPS) is 10.2. The van der Waals surface area contributed by atoms with Crippen molar-refractivity contribution in [2.24, 2.45) is 0 Å². The van der Waals surface area contributed by atoms with Gasteiger partial charge in [-0.3, -0.25) is 4.79 Å². The molecule has 0 spiro atoms. The Kier molecular flexibility index (Phi) is 5.84. The predicted octanol–water partition coefficient (Wildman–Crippen LogP) is 3.17. The molecule has 2 N–H and O–H groups in total. The van der Waals surface area contributed by atoms with Gasteiger partial charge in [-0.25, -0.2) is 4.79 Å². The molecule has 0 aliphatic carbocycles. The second kappa shape index (κ2) is 7.85. The van der Waals surface area contributed by atoms with E-state index in [1.54, 1.807) is 24.3 Å². The minimum atomic E-state index is -0.813. The zero-order chi connectivity index (χ0) is 16.8. The zero-order valence-electron chi connectivity index (χ0n) is 11.9. The molecule has 0 aromatic heterocycles. The van der Waals surface area contributed by atoms with Crippen molar-refractivity contribution in [2.75, 3.05) is 6.61 Å². The lowest BCUT2D eigenvalue weighted by molar-refractivity contribution is -0.124. The lowest BCUT2D eigenvalue weighted by atomic mass is 10.2. The summed E-state index contributed by atoms with van der Waals surface area (Å²) in [6.45, 7) is -0.242. The summed E-state index contributed by atoms with van der Waals surface area (Å²) in [6.07, 6.45) is 0. The third kappa shape index (κ3) is 4.87. The number of carbonyl (C=O) groups is 2. The molecule has 0 radical (unpaired) electrons. The van der Waals surface area contributed by atoms with Crippen LogP contribution in [-0.2, 0) is 16.1 Å². The fourth-order valence-corrected chi connectivity index (χ4v) is 2.14. The average molecular weight is 354 g/mol. The van der Waals surface area contributed by atoms with E-state index in [9.17, 15) is 14.7 Å². The molecule has 23 heavy (non-hydrogen) atoms. The van der Waals surface area contributed by atoms with Gasteiger partial charge in [-0.2, -0.15) is 0 Å². The Morgan fingerprint density at radius 2 is 1.87 bits per heavy atom. The minimum absolute atomic E-state index is 0.0618. The van der Waals surface area contributed by atoms with Crippen molar-refractivity contribution in [1.29, 1.82) is 0 Å². The maximum atomic E-state index is 11.8. The average Bonchev–Trinajstić information content (AvgIpc) is 2.52. The second-order valence-electron chi connectivity index (χ2n) is 4.61. The fourth-order valence-electron chi connectivity index (χ4n) is 1.77. The van der Waals surface area contributed by atoms with Crippen LogP contribution >= 0.6 is 23.2 Å². The van der Waals surface area contributed by atoms with Crippen LogP contribution in [0.1, 0.15) is 15.9 Å². The van der Waals surface area contributed by atoms with Crippen LogP contribution < -0.4 is 5.32 Å². The fraction of sp³-hybridized carbons (Fsp3) is 0.125. The van der Waals surface area contributed by atoms with E-state index >= 15 is 0 Å². The van der Waals surface area contributed by atoms with E-state index in [1.165, 1.54) is 18.2 Å². The molecule has 2 aromatic rings. The number of benzene rings is 2. The van der Waals surface area contributed by atoms with Gasteiger partial charge in [-0.15, -0.1) is 0 Å². The zero-order valence-corrected chi connectivity index (χ0v) is 13.4. The molecule has 0 aliphatic heterocycles. The number of phenols is 1. The molecule has 0 saturated heterocycles. The quantitative estimate of drug-likeness (QED) is 0.809. The van der Waals surface area contributed by atoms with Crippen LogP contribution in [0.5, 0.6) is 5.75 Å². The highest BCUT2D eigenvalue weighted by Crippen LogP contribution is 2.22. The largest absolute Gasteiger partial charge is 0.507 e. The number of carbonyl (C=O) groups excluding carboxylic acids is 2. The van der Waals surface area contributed by atoms with Gasteiger partial charge in [0.05, 0.1) is 0 Å². The Morgan fingerprint density at radius 3 is 2.57 bits per heavy atom. The third-order valence-electron chi connectivity index (χ3n) is 2.95. The number of esters is 1. The van der Waals surface area contributed by atoms with Crippen molar-refractivity contribution in [1.82, 2.24) is 5.32 Å². The van der Waals surface area contributed by atoms with Crippen LogP contribution in [0.15, 0.2) is 42.5 Å². The Hall–Kier alpha value is -2.24. The standard InChI is InChI=1S/C16H13Cl2NO4/c17-11-5-6-12(14(20)7-11)16(22)23-9-15(21)19-8-10-3-1-2-4-13(10)18/h1-7,20H,8-9H2,(H,19,21). The number of rotatable bonds is 5. The summed E-state index contributed by atoms with van der Waals surface area (Å²) in [7, 11) is 0. The number of aromatic hydroxyl groups is 1. The Morgan fingerprint density at radius 1 is 1.13 bits per heavy atom. The summed E-state index contributed by atoms with van der Waals surface area (Å²) >= 11 is 11.6. The molecule has 5 nitrogen and oxygen atoms in total. The van der Waals surface area contributed by atoms with Crippen LogP contribution in [0.4, 0.5) is 0 Å². The third-order valence-corrected chi connectivity index (χ3v) is 3.55. The first-order valence-electron chi connectivity index (χ1n) is 6.63. The molecule has 1 amide bonds. The molecule has 0 saturated carbocycles. The molecule has 0 unspecified atom stereocenters. The van der Waals surface area contributed by atoms with Crippen molar-refractivity contribution >= 4 is 35.1 Å². The SMILES string of the molecule is O=C(COC(=O)c1ccc(Cl)cc1O)NCc1ccccc1Cl. The van der Waals surface area contributed by atoms with E-state index in [0.717, 1.165) is 5.56 Å². The van der Waals surface area contributed by atoms with Crippen molar-refractivity contribution < 1.29 is 19.4 Å². The first-order chi connectivity index (χ1) is 11.0. The monoisotopic (exact) mass is 353 g/mol. The van der Waals surface area contributed by atoms with E-state index in [4.69, 9.17) is 27.9 Å². The summed E-state index contributed by atoms with van der Waals surface area (Å²) < 4.78 is 4.84. The van der Waals surface area contributed by atoms with E-state index in [-0.39, 0.29) is 22.9 Å². The van der Waals surface area contributed by atoms with E-state index < -0.39 is 18.5 Å². The highest BCUT2D eigenvalue weighted by atomic mass is 35.5. The Balaban J connectivity index is 1.84. The molecule has 0 fully saturated rings. The number of amides is 1. The highest BCUT2D eigenvalue weighted by molar-refractivity contribution is 6.31. The van der Waals surface area contributed by atoms with Gasteiger partial charge in [-0.1, -0.05) is 41.4 Å². The summed E-state index contributed by atoms with van der Waals surface area (Å²) in [6, 6.07) is 11.1. The van der Waals surface area contributed by atoms with Gasteiger partial charge < -0.3 is 15.2 Å². The number of nitrogens with one attached hydrogen (secondary N) is 1. The number of hydrogen-bond acceptors (Lipinski definition) is 4. The van der Waals surface area contributed by atoms with Gasteiger partial charge in [0, 0.05) is 16.6 Å². The van der Waals surface area contributed by atoms with E-state index in [1.807, 2.05) is 0 Å². The first-order valence-corrected chi connectivity index (χ1v) is 7.38. The van der Waals surface area contributed by atoms with Crippen molar-refractivity contribution in [2.45, 2.75) is 6.54 Å². The molecule has 120 valence electrons. The summed E-state index contributed by atoms with van der Waals surface area (Å²) in [5.74, 6) is -1.60. The maximum Gasteiger partial charge on any atom is 0.342 e. The van der Waals surface area contributed by atoms with Crippen molar-refractivity contribution in [3.05, 3.63) is 63.6 Å². The van der Waals surface area contributed by atoms with Crippen LogP contribution in [0.2, 0.25) is 10.0 Å². The van der Waals surface area contributed by atoms with E-state index in [0.29, 0.717) is 5.02 Å². The summed E-state index contributed by atoms with van der Waals surface area (Å²) in [4.78, 5) is 23.5. The molecular weight excluding hydrogens is 341 g/mol. The molecule has 0 bridgehead atoms. The van der Waals surface area contributed by atoms with Crippen molar-refractivity contribution in [3.8, 4) is 5.75 Å². The molecular formula is C16H13Cl2NO4. The summed E-state index contributed by atoms with van der Waals surface area (Å²) in [5, 5.41) is 13.0. The molecule has 0 heterocycles. The lowest BCUT2D eigenvalue weighted by Crippen LogP contribution is -2.28. The van der Waals surface area contributed by atoms with Gasteiger partial charge >= 0.3 is 5.97 Å². The van der Waals surface area contributed by atoms with Crippen LogP contribution in [0.3, 0.4) is 0 Å². The Bertz CT molecular complexity index is 734. The molecule has 2 rings (SSSR count). The second-order valence-corrected chi connectivity index (χ2v) is 5.45. The summed E-state index contributed by atoms with van der Waals surface area (Å²) in [5.41, 5.74) is 0.692. The van der Waals surface area contributed by atoms with Gasteiger partial charge in [0.1, 0.15) is 11.3 Å². The maximum absolute atomic E-state index is 11.8. The predicted molar refractivity (Wildman–Crippen MR) is 86.7 cm³/mol. The number of ether oxygens (including phenoxy) is 1. The molecule has 7 heteroatoms. The first kappa shape index (κ1) is 17.1. The molecule has 2 aromatic carbocycles. The molecule has 0 aliphatic rings. The van der Waals surface area contributed by atoms with Gasteiger partial charge in [0.2, 0.25) is 0 Å². The molecule has 0 atom stereocenters. The van der Waals surface area contributed by atoms with Gasteiger partial charge in [-0.05, 0) is 29.8 Å². The smallest absolute Gasteiger partial charge is 0.342 e. The van der Waals surface area contributed by atoms with Crippen molar-refractivity contribution in [3.63, 3.8) is 0 Å². The van der Waals surface area contributed by atoms with Crippen LogP contribution in [0.25, 0.3) is 0 Å². The van der Waals surface area contributed by atoms with Gasteiger partial charge in [0.25, 0.3) is 5.91 Å². The number of phenolic OH excluding ortho intramolecular Hbond substituents is 1. The van der Waals surface area contributed by atoms with Crippen LogP contribution in [-0.4, -0.2) is 23.6 Å². The highest BCUT2D eigenvalue weighted by Gasteiger charge is 2.14. The van der Waals surface area contributed by atoms with Gasteiger partial charge in [0.15, 0.2) is 6.61 Å². The number of halogens is 2. The lowest BCUT2D eigenvalue weighted by Gasteiger charge is -2.08. The number of hydrogen-bond donors (Lipinski definition) is 2. The topological polar surface area (TPSA) is 75.6 Å². The van der Waals surface area contributed by atoms with E-state index in [2.05, 4.69) is 5.32 Å². The minimum Gasteiger partial charge on any atom is -0.507 e. The Labute approximate surface area is 142 Å².